The van der Waals surface area contributed by atoms with Crippen molar-refractivity contribution in [2.24, 2.45) is 5.92 Å². The van der Waals surface area contributed by atoms with Gasteiger partial charge in [0.2, 0.25) is 0 Å². The maximum Gasteiger partial charge on any atom is 0.0693 e. The number of hydrogen-bond acceptors (Lipinski definition) is 3. The van der Waals surface area contributed by atoms with Gasteiger partial charge in [0.05, 0.1) is 12.2 Å². The quantitative estimate of drug-likeness (QED) is 0.656. The lowest BCUT2D eigenvalue weighted by Gasteiger charge is -2.29. The molecule has 2 rings (SSSR count). The molecular weight excluding hydrogens is 190 g/mol. The van der Waals surface area contributed by atoms with Crippen LogP contribution in [0, 0.1) is 5.92 Å². The summed E-state index contributed by atoms with van der Waals surface area (Å²) in [6, 6.07) is 0.277. The van der Waals surface area contributed by atoms with Gasteiger partial charge in [0.25, 0.3) is 0 Å². The number of aliphatic hydroxyl groups is 2. The Kier molecular flexibility index (Phi) is 4.00. The zero-order chi connectivity index (χ0) is 10.7. The van der Waals surface area contributed by atoms with Gasteiger partial charge >= 0.3 is 0 Å². The van der Waals surface area contributed by atoms with Crippen molar-refractivity contribution >= 4 is 0 Å². The van der Waals surface area contributed by atoms with Crippen molar-refractivity contribution in [2.45, 2.75) is 63.2 Å². The second kappa shape index (κ2) is 5.28. The van der Waals surface area contributed by atoms with Crippen LogP contribution in [0.5, 0.6) is 0 Å². The molecule has 2 aliphatic rings. The molecule has 2 unspecified atom stereocenters. The molecule has 0 aromatic carbocycles. The van der Waals surface area contributed by atoms with Crippen LogP contribution in [-0.4, -0.2) is 35.0 Å². The fraction of sp³-hybridized carbons (Fsp3) is 1.00. The van der Waals surface area contributed by atoms with Crippen molar-refractivity contribution in [1.29, 1.82) is 0 Å². The average Bonchev–Trinajstić information content (AvgIpc) is 2.63. The van der Waals surface area contributed by atoms with Crippen LogP contribution in [-0.2, 0) is 0 Å². The van der Waals surface area contributed by atoms with Crippen LogP contribution in [0.25, 0.3) is 0 Å². The minimum atomic E-state index is -0.161. The first-order chi connectivity index (χ1) is 7.27. The molecule has 0 aliphatic heterocycles. The second-order valence-electron chi connectivity index (χ2n) is 5.12. The van der Waals surface area contributed by atoms with Crippen LogP contribution >= 0.6 is 0 Å². The third kappa shape index (κ3) is 2.92. The summed E-state index contributed by atoms with van der Waals surface area (Å²) in [5.41, 5.74) is 0. The number of aliphatic hydroxyl groups excluding tert-OH is 2. The van der Waals surface area contributed by atoms with Crippen molar-refractivity contribution in [1.82, 2.24) is 5.32 Å². The number of rotatable bonds is 3. The van der Waals surface area contributed by atoms with Crippen LogP contribution in [0.3, 0.4) is 0 Å². The largest absolute Gasteiger partial charge is 0.393 e. The Morgan fingerprint density at radius 1 is 0.867 bits per heavy atom. The number of hydrogen-bond donors (Lipinski definition) is 3. The summed E-state index contributed by atoms with van der Waals surface area (Å²) in [6.45, 7) is 0.878. The Labute approximate surface area is 91.9 Å². The lowest BCUT2D eigenvalue weighted by atomic mass is 9.86. The van der Waals surface area contributed by atoms with Gasteiger partial charge in [-0.15, -0.1) is 0 Å². The topological polar surface area (TPSA) is 52.5 Å². The van der Waals surface area contributed by atoms with Gasteiger partial charge in [0.15, 0.2) is 0 Å². The summed E-state index contributed by atoms with van der Waals surface area (Å²) >= 11 is 0. The second-order valence-corrected chi connectivity index (χ2v) is 5.12. The molecule has 0 radical (unpaired) electrons. The van der Waals surface area contributed by atoms with E-state index >= 15 is 0 Å². The standard InChI is InChI=1S/C12H23NO2/c14-11-6-2-1-4-9(11)8-13-10-5-3-7-12(10)15/h9-15H,1-8H2/t9?,10-,11?,12-/m0/s1. The van der Waals surface area contributed by atoms with E-state index in [9.17, 15) is 10.2 Å². The third-order valence-corrected chi connectivity index (χ3v) is 3.99. The van der Waals surface area contributed by atoms with E-state index in [2.05, 4.69) is 5.32 Å². The maximum absolute atomic E-state index is 9.81. The van der Waals surface area contributed by atoms with Gasteiger partial charge in [-0.25, -0.2) is 0 Å². The first kappa shape index (κ1) is 11.4. The van der Waals surface area contributed by atoms with E-state index in [1.54, 1.807) is 0 Å². The van der Waals surface area contributed by atoms with Gasteiger partial charge in [-0.2, -0.15) is 0 Å². The van der Waals surface area contributed by atoms with E-state index in [-0.39, 0.29) is 18.2 Å². The first-order valence-corrected chi connectivity index (χ1v) is 6.37. The Morgan fingerprint density at radius 3 is 2.27 bits per heavy atom. The molecule has 3 N–H and O–H groups in total. The molecule has 2 fully saturated rings. The molecule has 88 valence electrons. The molecule has 0 heterocycles. The normalized spacial score (nSPS) is 42.0. The average molecular weight is 213 g/mol. The van der Waals surface area contributed by atoms with E-state index in [1.165, 1.54) is 12.8 Å². The van der Waals surface area contributed by atoms with Gasteiger partial charge in [-0.3, -0.25) is 0 Å². The fourth-order valence-electron chi connectivity index (χ4n) is 2.91. The predicted molar refractivity (Wildman–Crippen MR) is 59.6 cm³/mol. The first-order valence-electron chi connectivity index (χ1n) is 6.37. The molecule has 4 atom stereocenters. The molecule has 0 aromatic heterocycles. The number of nitrogens with one attached hydrogen (secondary N) is 1. The molecule has 15 heavy (non-hydrogen) atoms. The van der Waals surface area contributed by atoms with Gasteiger partial charge in [0, 0.05) is 12.6 Å². The zero-order valence-electron chi connectivity index (χ0n) is 9.36. The van der Waals surface area contributed by atoms with Crippen LogP contribution < -0.4 is 5.32 Å². The molecule has 3 heteroatoms. The van der Waals surface area contributed by atoms with Crippen LogP contribution in [0.2, 0.25) is 0 Å². The van der Waals surface area contributed by atoms with Gasteiger partial charge in [-0.05, 0) is 38.0 Å². The highest BCUT2D eigenvalue weighted by Crippen LogP contribution is 2.25. The SMILES string of the molecule is OC1CCCCC1CN[C@H]1CCC[C@@H]1O. The van der Waals surface area contributed by atoms with E-state index in [0.29, 0.717) is 5.92 Å². The van der Waals surface area contributed by atoms with E-state index in [0.717, 1.165) is 38.6 Å². The van der Waals surface area contributed by atoms with E-state index in [1.807, 2.05) is 0 Å². The van der Waals surface area contributed by atoms with Crippen molar-refractivity contribution in [2.75, 3.05) is 6.54 Å². The highest BCUT2D eigenvalue weighted by molar-refractivity contribution is 4.85. The smallest absolute Gasteiger partial charge is 0.0693 e. The monoisotopic (exact) mass is 213 g/mol. The Bertz CT molecular complexity index is 198. The molecule has 2 saturated carbocycles. The van der Waals surface area contributed by atoms with Crippen LogP contribution in [0.4, 0.5) is 0 Å². The van der Waals surface area contributed by atoms with Crippen molar-refractivity contribution in [3.63, 3.8) is 0 Å². The summed E-state index contributed by atoms with van der Waals surface area (Å²) < 4.78 is 0. The van der Waals surface area contributed by atoms with Gasteiger partial charge in [0.1, 0.15) is 0 Å². The van der Waals surface area contributed by atoms with Gasteiger partial charge in [-0.1, -0.05) is 12.8 Å². The molecular formula is C12H23NO2. The lowest BCUT2D eigenvalue weighted by Crippen LogP contribution is -2.42. The molecule has 0 saturated heterocycles. The van der Waals surface area contributed by atoms with Crippen LogP contribution in [0.15, 0.2) is 0 Å². The third-order valence-electron chi connectivity index (χ3n) is 3.99. The predicted octanol–water partition coefficient (Wildman–Crippen LogP) is 1.04. The van der Waals surface area contributed by atoms with E-state index < -0.39 is 0 Å². The molecule has 3 nitrogen and oxygen atoms in total. The fourth-order valence-corrected chi connectivity index (χ4v) is 2.91. The van der Waals surface area contributed by atoms with Crippen molar-refractivity contribution < 1.29 is 10.2 Å². The molecule has 2 aliphatic carbocycles. The summed E-state index contributed by atoms with van der Waals surface area (Å²) in [6.07, 6.45) is 7.38. The highest BCUT2D eigenvalue weighted by Gasteiger charge is 2.28. The summed E-state index contributed by atoms with van der Waals surface area (Å²) in [5, 5.41) is 22.9. The summed E-state index contributed by atoms with van der Waals surface area (Å²) in [4.78, 5) is 0. The molecule has 0 aromatic rings. The van der Waals surface area contributed by atoms with Crippen molar-refractivity contribution in [3.8, 4) is 0 Å². The zero-order valence-corrected chi connectivity index (χ0v) is 9.36. The van der Waals surface area contributed by atoms with E-state index in [4.69, 9.17) is 0 Å². The molecule has 0 bridgehead atoms. The Morgan fingerprint density at radius 2 is 1.60 bits per heavy atom. The highest BCUT2D eigenvalue weighted by atomic mass is 16.3. The minimum Gasteiger partial charge on any atom is -0.393 e. The van der Waals surface area contributed by atoms with Crippen molar-refractivity contribution in [3.05, 3.63) is 0 Å². The van der Waals surface area contributed by atoms with Gasteiger partial charge < -0.3 is 15.5 Å². The summed E-state index contributed by atoms with van der Waals surface area (Å²) in [5.74, 6) is 0.409. The summed E-state index contributed by atoms with van der Waals surface area (Å²) in [7, 11) is 0. The lowest BCUT2D eigenvalue weighted by molar-refractivity contribution is 0.0633. The molecule has 0 amide bonds. The maximum atomic E-state index is 9.81. The van der Waals surface area contributed by atoms with Crippen LogP contribution in [0.1, 0.15) is 44.9 Å². The Hall–Kier alpha value is -0.120. The molecule has 0 spiro atoms. The Balaban J connectivity index is 1.72. The minimum absolute atomic E-state index is 0.121.